The van der Waals surface area contributed by atoms with Crippen LogP contribution in [0.3, 0.4) is 0 Å². The van der Waals surface area contributed by atoms with Crippen molar-refractivity contribution in [1.29, 1.82) is 0 Å². The lowest BCUT2D eigenvalue weighted by molar-refractivity contribution is -0.290. The van der Waals surface area contributed by atoms with Crippen LogP contribution in [0.5, 0.6) is 0 Å². The molecule has 0 radical (unpaired) electrons. The molecule has 0 aromatic carbocycles. The molecule has 1 atom stereocenters. The van der Waals surface area contributed by atoms with Crippen LogP contribution >= 0.6 is 0 Å². The molecule has 1 aliphatic carbocycles. The Labute approximate surface area is 106 Å². The van der Waals surface area contributed by atoms with Crippen molar-refractivity contribution in [2.75, 3.05) is 0 Å². The van der Waals surface area contributed by atoms with Crippen molar-refractivity contribution >= 4 is 0 Å². The van der Waals surface area contributed by atoms with Gasteiger partial charge in [0.1, 0.15) is 0 Å². The summed E-state index contributed by atoms with van der Waals surface area (Å²) in [5, 5.41) is 0. The van der Waals surface area contributed by atoms with E-state index >= 15 is 0 Å². The molecular weight excluding hydrogens is 343 g/mol. The molecule has 0 saturated heterocycles. The average molecular weight is 344 g/mol. The molecule has 1 rings (SSSR count). The zero-order valence-electron chi connectivity index (χ0n) is 8.99. The first kappa shape index (κ1) is 17.9. The van der Waals surface area contributed by atoms with E-state index in [0.717, 1.165) is 0 Å². The summed E-state index contributed by atoms with van der Waals surface area (Å²) in [5.41, 5.74) is -11.0. The van der Waals surface area contributed by atoms with Gasteiger partial charge in [0.2, 0.25) is 0 Å². The van der Waals surface area contributed by atoms with Gasteiger partial charge in [0.15, 0.2) is 5.83 Å². The van der Waals surface area contributed by atoms with Gasteiger partial charge in [-0.15, -0.1) is 0 Å². The third-order valence-electron chi connectivity index (χ3n) is 2.67. The van der Waals surface area contributed by atoms with Crippen LogP contribution in [-0.2, 0) is 0 Å². The lowest BCUT2D eigenvalue weighted by Gasteiger charge is -2.32. The van der Waals surface area contributed by atoms with E-state index in [2.05, 4.69) is 0 Å². The zero-order chi connectivity index (χ0) is 17.2. The molecule has 0 aromatic heterocycles. The van der Waals surface area contributed by atoms with Crippen LogP contribution in [0, 0.1) is 0 Å². The van der Waals surface area contributed by atoms with Crippen LogP contribution in [0.1, 0.15) is 0 Å². The highest BCUT2D eigenvalue weighted by atomic mass is 19.4. The molecule has 1 unspecified atom stereocenters. The van der Waals surface area contributed by atoms with Crippen molar-refractivity contribution in [3.05, 3.63) is 11.4 Å². The summed E-state index contributed by atoms with van der Waals surface area (Å²) < 4.78 is 163. The Hall–Kier alpha value is -1.17. The molecule has 0 amide bonds. The second-order valence-corrected chi connectivity index (χ2v) is 3.92. The minimum absolute atomic E-state index is 4.28. The summed E-state index contributed by atoms with van der Waals surface area (Å²) in [4.78, 5) is 0. The number of hydrogen-bond acceptors (Lipinski definition) is 0. The predicted octanol–water partition coefficient (Wildman–Crippen LogP) is 4.67. The second kappa shape index (κ2) is 4.18. The van der Waals surface area contributed by atoms with Crippen molar-refractivity contribution in [3.63, 3.8) is 0 Å². The average Bonchev–Trinajstić information content (AvgIpc) is 2.33. The van der Waals surface area contributed by atoms with Gasteiger partial charge in [-0.05, 0) is 0 Å². The van der Waals surface area contributed by atoms with E-state index in [9.17, 15) is 57.1 Å². The fourth-order valence-corrected chi connectivity index (χ4v) is 1.55. The number of hydrogen-bond donors (Lipinski definition) is 0. The topological polar surface area (TPSA) is 0 Å². The molecule has 0 saturated carbocycles. The van der Waals surface area contributed by atoms with Crippen molar-refractivity contribution in [2.24, 2.45) is 0 Å². The fraction of sp³-hybridized carbons (Fsp3) is 0.750. The van der Waals surface area contributed by atoms with Crippen LogP contribution in [-0.4, -0.2) is 36.0 Å². The highest BCUT2D eigenvalue weighted by Crippen LogP contribution is 2.65. The third-order valence-corrected chi connectivity index (χ3v) is 2.67. The van der Waals surface area contributed by atoms with Crippen molar-refractivity contribution in [3.8, 4) is 0 Å². The fourth-order valence-electron chi connectivity index (χ4n) is 1.55. The normalized spacial score (nSPS) is 27.1. The maximum atomic E-state index is 13.2. The Kier molecular flexibility index (Phi) is 3.56. The first-order valence-corrected chi connectivity index (χ1v) is 4.55. The van der Waals surface area contributed by atoms with Crippen LogP contribution in [0.25, 0.3) is 0 Å². The number of halogens is 13. The van der Waals surface area contributed by atoms with Gasteiger partial charge in [-0.2, -0.15) is 39.5 Å². The second-order valence-electron chi connectivity index (χ2n) is 3.92. The third kappa shape index (κ3) is 1.84. The maximum Gasteiger partial charge on any atom is 0.432 e. The van der Waals surface area contributed by atoms with Crippen molar-refractivity contribution < 1.29 is 57.1 Å². The van der Waals surface area contributed by atoms with Crippen LogP contribution in [0.2, 0.25) is 0 Å². The Balaban J connectivity index is 3.79. The molecule has 21 heavy (non-hydrogen) atoms. The van der Waals surface area contributed by atoms with E-state index in [1.807, 2.05) is 0 Å². The lowest BCUT2D eigenvalue weighted by Crippen LogP contribution is -2.56. The summed E-state index contributed by atoms with van der Waals surface area (Å²) in [5.74, 6) is -24.5. The van der Waals surface area contributed by atoms with E-state index in [-0.39, 0.29) is 0 Å². The van der Waals surface area contributed by atoms with Gasteiger partial charge in [0.25, 0.3) is 12.1 Å². The summed E-state index contributed by atoms with van der Waals surface area (Å²) in [7, 11) is 0. The van der Waals surface area contributed by atoms with Gasteiger partial charge in [0, 0.05) is 0 Å². The first-order chi connectivity index (χ1) is 8.97. The summed E-state index contributed by atoms with van der Waals surface area (Å²) >= 11 is 0. The monoisotopic (exact) mass is 344 g/mol. The SMILES string of the molecule is FC1=C(C(F)(C(F)F)C(F)(F)F)C(F)(F)C(F)(F)C1(F)F. The Morgan fingerprint density at radius 2 is 1.14 bits per heavy atom. The molecule has 0 nitrogen and oxygen atoms in total. The molecule has 13 heteroatoms. The van der Waals surface area contributed by atoms with E-state index < -0.39 is 47.4 Å². The smallest absolute Gasteiger partial charge is 0.222 e. The van der Waals surface area contributed by atoms with Crippen molar-refractivity contribution in [2.45, 2.75) is 36.0 Å². The first-order valence-electron chi connectivity index (χ1n) is 4.55. The summed E-state index contributed by atoms with van der Waals surface area (Å²) in [6.45, 7) is 0. The number of rotatable bonds is 2. The molecule has 0 fully saturated rings. The molecule has 0 aromatic rings. The van der Waals surface area contributed by atoms with E-state index in [1.165, 1.54) is 0 Å². The molecule has 0 N–H and O–H groups in total. The molecule has 124 valence electrons. The van der Waals surface area contributed by atoms with Crippen LogP contribution in [0.15, 0.2) is 11.4 Å². The number of allylic oxidation sites excluding steroid dienone is 2. The van der Waals surface area contributed by atoms with Gasteiger partial charge in [-0.25, -0.2) is 17.6 Å². The zero-order valence-corrected chi connectivity index (χ0v) is 8.99. The minimum atomic E-state index is -7.05. The van der Waals surface area contributed by atoms with E-state index in [0.29, 0.717) is 0 Å². The van der Waals surface area contributed by atoms with E-state index in [4.69, 9.17) is 0 Å². The van der Waals surface area contributed by atoms with Gasteiger partial charge in [0.05, 0.1) is 5.57 Å². The van der Waals surface area contributed by atoms with Crippen LogP contribution in [0.4, 0.5) is 57.1 Å². The highest BCUT2D eigenvalue weighted by Gasteiger charge is 2.87. The Bertz CT molecular complexity index is 469. The highest BCUT2D eigenvalue weighted by molar-refractivity contribution is 5.44. The van der Waals surface area contributed by atoms with E-state index in [1.54, 1.807) is 0 Å². The molecule has 0 aliphatic heterocycles. The molecule has 0 bridgehead atoms. The van der Waals surface area contributed by atoms with Crippen molar-refractivity contribution in [1.82, 2.24) is 0 Å². The molecule has 0 heterocycles. The van der Waals surface area contributed by atoms with Gasteiger partial charge < -0.3 is 0 Å². The largest absolute Gasteiger partial charge is 0.432 e. The van der Waals surface area contributed by atoms with Gasteiger partial charge in [-0.1, -0.05) is 0 Å². The van der Waals surface area contributed by atoms with Crippen LogP contribution < -0.4 is 0 Å². The standard InChI is InChI=1S/C8HF13/c9-2-1(4(12,3(10)11)8(19,20)21)5(13,14)7(17,18)6(2,15)16/h3H. The molecule has 0 spiro atoms. The minimum Gasteiger partial charge on any atom is -0.222 e. The van der Waals surface area contributed by atoms with Gasteiger partial charge in [-0.3, -0.25) is 0 Å². The lowest BCUT2D eigenvalue weighted by atomic mass is 9.91. The Morgan fingerprint density at radius 1 is 0.762 bits per heavy atom. The summed E-state index contributed by atoms with van der Waals surface area (Å²) in [6.07, 6.45) is -12.6. The quantitative estimate of drug-likeness (QED) is 0.639. The predicted molar refractivity (Wildman–Crippen MR) is 38.9 cm³/mol. The molecular formula is C8HF13. The molecule has 1 aliphatic rings. The summed E-state index contributed by atoms with van der Waals surface area (Å²) in [6, 6.07) is 0. The Morgan fingerprint density at radius 3 is 1.33 bits per heavy atom. The maximum absolute atomic E-state index is 13.2. The van der Waals surface area contributed by atoms with Gasteiger partial charge >= 0.3 is 23.9 Å². The number of alkyl halides is 12.